The number of likely N-dealkylation sites (tertiary alicyclic amines) is 1. The van der Waals surface area contributed by atoms with Crippen LogP contribution in [0, 0.1) is 5.92 Å². The molecule has 1 atom stereocenters. The molecular weight excluding hydrogens is 386 g/mol. The maximum Gasteiger partial charge on any atom is 0.224 e. The van der Waals surface area contributed by atoms with E-state index in [4.69, 9.17) is 16.3 Å². The molecule has 4 rings (SSSR count). The minimum absolute atomic E-state index is 0.0799. The van der Waals surface area contributed by atoms with Gasteiger partial charge in [0.25, 0.3) is 0 Å². The predicted molar refractivity (Wildman–Crippen MR) is 108 cm³/mol. The molecule has 2 aromatic heterocycles. The molecule has 0 bridgehead atoms. The SMILES string of the molecule is CNC(=O)[C@@H]1CCCN(Cc2cc3nc(Cl)nc(N4CCOCC4)c3s2)C1. The summed E-state index contributed by atoms with van der Waals surface area (Å²) in [4.78, 5) is 26.7. The number of halogens is 1. The summed E-state index contributed by atoms with van der Waals surface area (Å²) in [5.41, 5.74) is 0.899. The lowest BCUT2D eigenvalue weighted by Crippen LogP contribution is -2.41. The van der Waals surface area contributed by atoms with E-state index in [0.717, 1.165) is 61.6 Å². The summed E-state index contributed by atoms with van der Waals surface area (Å²) >= 11 is 7.91. The van der Waals surface area contributed by atoms with Crippen molar-refractivity contribution >= 4 is 44.9 Å². The van der Waals surface area contributed by atoms with E-state index in [9.17, 15) is 4.79 Å². The van der Waals surface area contributed by atoms with Gasteiger partial charge in [-0.25, -0.2) is 4.98 Å². The first-order valence-corrected chi connectivity index (χ1v) is 10.6. The van der Waals surface area contributed by atoms with Crippen molar-refractivity contribution in [1.82, 2.24) is 20.2 Å². The van der Waals surface area contributed by atoms with Crippen molar-refractivity contribution in [1.29, 1.82) is 0 Å². The molecule has 2 fully saturated rings. The number of ether oxygens (including phenoxy) is 1. The van der Waals surface area contributed by atoms with Gasteiger partial charge in [-0.05, 0) is 37.1 Å². The Morgan fingerprint density at radius 2 is 2.19 bits per heavy atom. The van der Waals surface area contributed by atoms with E-state index in [2.05, 4.69) is 31.2 Å². The highest BCUT2D eigenvalue weighted by Crippen LogP contribution is 2.34. The van der Waals surface area contributed by atoms with Gasteiger partial charge in [-0.2, -0.15) is 4.98 Å². The number of hydrogen-bond acceptors (Lipinski definition) is 7. The molecule has 2 aliphatic rings. The smallest absolute Gasteiger partial charge is 0.224 e. The Morgan fingerprint density at radius 1 is 1.37 bits per heavy atom. The van der Waals surface area contributed by atoms with Crippen molar-refractivity contribution in [2.45, 2.75) is 19.4 Å². The summed E-state index contributed by atoms with van der Waals surface area (Å²) in [5, 5.41) is 3.06. The van der Waals surface area contributed by atoms with Gasteiger partial charge in [0.1, 0.15) is 0 Å². The molecule has 1 N–H and O–H groups in total. The van der Waals surface area contributed by atoms with Gasteiger partial charge in [0.2, 0.25) is 11.2 Å². The fourth-order valence-corrected chi connectivity index (χ4v) is 5.17. The van der Waals surface area contributed by atoms with Crippen molar-refractivity contribution in [3.63, 3.8) is 0 Å². The summed E-state index contributed by atoms with van der Waals surface area (Å²) in [6, 6.07) is 2.11. The topological polar surface area (TPSA) is 70.6 Å². The molecule has 2 saturated heterocycles. The van der Waals surface area contributed by atoms with Crippen LogP contribution in [0.25, 0.3) is 10.2 Å². The largest absolute Gasteiger partial charge is 0.378 e. The van der Waals surface area contributed by atoms with Crippen molar-refractivity contribution in [2.24, 2.45) is 5.92 Å². The molecule has 0 aliphatic carbocycles. The minimum Gasteiger partial charge on any atom is -0.378 e. The number of piperidine rings is 1. The zero-order valence-corrected chi connectivity index (χ0v) is 17.0. The van der Waals surface area contributed by atoms with E-state index in [-0.39, 0.29) is 17.1 Å². The van der Waals surface area contributed by atoms with Crippen LogP contribution >= 0.6 is 22.9 Å². The number of nitrogens with zero attached hydrogens (tertiary/aromatic N) is 4. The maximum absolute atomic E-state index is 12.0. The summed E-state index contributed by atoms with van der Waals surface area (Å²) in [5.74, 6) is 1.13. The highest BCUT2D eigenvalue weighted by atomic mass is 35.5. The van der Waals surface area contributed by atoms with Crippen LogP contribution in [0.4, 0.5) is 5.82 Å². The Morgan fingerprint density at radius 3 is 2.96 bits per heavy atom. The summed E-state index contributed by atoms with van der Waals surface area (Å²) in [6.07, 6.45) is 2.01. The molecule has 9 heteroatoms. The van der Waals surface area contributed by atoms with E-state index in [1.807, 2.05) is 0 Å². The zero-order valence-electron chi connectivity index (χ0n) is 15.4. The van der Waals surface area contributed by atoms with E-state index < -0.39 is 0 Å². The molecule has 0 saturated carbocycles. The summed E-state index contributed by atoms with van der Waals surface area (Å²) < 4.78 is 6.53. The summed E-state index contributed by atoms with van der Waals surface area (Å²) in [7, 11) is 1.71. The van der Waals surface area contributed by atoms with Crippen LogP contribution < -0.4 is 10.2 Å². The Bertz CT molecular complexity index is 823. The van der Waals surface area contributed by atoms with Crippen LogP contribution in [-0.2, 0) is 16.1 Å². The van der Waals surface area contributed by atoms with Gasteiger partial charge < -0.3 is 15.0 Å². The number of amides is 1. The summed E-state index contributed by atoms with van der Waals surface area (Å²) in [6.45, 7) is 5.69. The molecule has 0 unspecified atom stereocenters. The highest BCUT2D eigenvalue weighted by Gasteiger charge is 2.26. The number of carbonyl (C=O) groups excluding carboxylic acids is 1. The third kappa shape index (κ3) is 4.18. The van der Waals surface area contributed by atoms with E-state index in [1.165, 1.54) is 4.88 Å². The van der Waals surface area contributed by atoms with Crippen LogP contribution in [0.15, 0.2) is 6.07 Å². The number of fused-ring (bicyclic) bond motifs is 1. The van der Waals surface area contributed by atoms with Crippen molar-refractivity contribution in [3.05, 3.63) is 16.2 Å². The number of thiophene rings is 1. The molecule has 27 heavy (non-hydrogen) atoms. The Labute approximate surface area is 167 Å². The second-order valence-electron chi connectivity index (χ2n) is 7.03. The van der Waals surface area contributed by atoms with Gasteiger partial charge in [0, 0.05) is 38.1 Å². The van der Waals surface area contributed by atoms with Gasteiger partial charge in [-0.15, -0.1) is 11.3 Å². The highest BCUT2D eigenvalue weighted by molar-refractivity contribution is 7.19. The second-order valence-corrected chi connectivity index (χ2v) is 8.51. The van der Waals surface area contributed by atoms with Crippen molar-refractivity contribution in [3.8, 4) is 0 Å². The number of morpholine rings is 1. The Balaban J connectivity index is 1.55. The molecular formula is C18H24ClN5O2S. The lowest BCUT2D eigenvalue weighted by atomic mass is 9.97. The zero-order chi connectivity index (χ0) is 18.8. The molecule has 0 spiro atoms. The van der Waals surface area contributed by atoms with Crippen molar-refractivity contribution < 1.29 is 9.53 Å². The number of nitrogens with one attached hydrogen (secondary N) is 1. The van der Waals surface area contributed by atoms with Gasteiger partial charge in [0.05, 0.1) is 29.3 Å². The first-order valence-electron chi connectivity index (χ1n) is 9.36. The standard InChI is InChI=1S/C18H24ClN5O2S/c1-20-17(25)12-3-2-4-23(10-12)11-13-9-14-15(27-13)16(22-18(19)21-14)24-5-7-26-8-6-24/h9,12H,2-8,10-11H2,1H3,(H,20,25)/t12-/m1/s1. The molecule has 0 aromatic carbocycles. The first-order chi connectivity index (χ1) is 13.1. The van der Waals surface area contributed by atoms with Gasteiger partial charge in [-0.1, -0.05) is 0 Å². The van der Waals surface area contributed by atoms with Gasteiger partial charge in [-0.3, -0.25) is 9.69 Å². The van der Waals surface area contributed by atoms with E-state index in [0.29, 0.717) is 13.2 Å². The van der Waals surface area contributed by atoms with Crippen LogP contribution in [0.3, 0.4) is 0 Å². The molecule has 4 heterocycles. The second kappa shape index (κ2) is 8.26. The Hall–Kier alpha value is -1.48. The average Bonchev–Trinajstić information content (AvgIpc) is 3.09. The van der Waals surface area contributed by atoms with Crippen LogP contribution in [0.1, 0.15) is 17.7 Å². The van der Waals surface area contributed by atoms with E-state index in [1.54, 1.807) is 18.4 Å². The fraction of sp³-hybridized carbons (Fsp3) is 0.611. The third-order valence-electron chi connectivity index (χ3n) is 5.19. The van der Waals surface area contributed by atoms with Crippen LogP contribution in [-0.4, -0.2) is 67.2 Å². The molecule has 7 nitrogen and oxygen atoms in total. The fourth-order valence-electron chi connectivity index (χ4n) is 3.84. The first kappa shape index (κ1) is 18.9. The number of carbonyl (C=O) groups is 1. The van der Waals surface area contributed by atoms with Gasteiger partial charge >= 0.3 is 0 Å². The van der Waals surface area contributed by atoms with Gasteiger partial charge in [0.15, 0.2) is 5.82 Å². The molecule has 2 aromatic rings. The van der Waals surface area contributed by atoms with Crippen molar-refractivity contribution in [2.75, 3.05) is 51.3 Å². The molecule has 146 valence electrons. The van der Waals surface area contributed by atoms with Crippen LogP contribution in [0.5, 0.6) is 0 Å². The average molecular weight is 410 g/mol. The lowest BCUT2D eigenvalue weighted by molar-refractivity contribution is -0.126. The molecule has 1 amide bonds. The lowest BCUT2D eigenvalue weighted by Gasteiger charge is -2.31. The normalized spacial score (nSPS) is 21.6. The number of hydrogen-bond donors (Lipinski definition) is 1. The molecule has 2 aliphatic heterocycles. The number of rotatable bonds is 4. The monoisotopic (exact) mass is 409 g/mol. The predicted octanol–water partition coefficient (Wildman–Crippen LogP) is 2.14. The quantitative estimate of drug-likeness (QED) is 0.780. The third-order valence-corrected chi connectivity index (χ3v) is 6.46. The van der Waals surface area contributed by atoms with E-state index >= 15 is 0 Å². The Kier molecular flexibility index (Phi) is 5.77. The van der Waals surface area contributed by atoms with Crippen LogP contribution in [0.2, 0.25) is 5.28 Å². The number of aromatic nitrogens is 2. The number of anilines is 1. The molecule has 0 radical (unpaired) electrons. The maximum atomic E-state index is 12.0. The minimum atomic E-state index is 0.0799.